The SMILES string of the molecule is COc1ccc2c(c1)nc(/C=C/c1ccc(N(C)C)cc1)c(=O)n2Cc1ccccn1. The molecule has 0 bridgehead atoms. The number of methoxy groups -OCH3 is 1. The van der Waals surface area contributed by atoms with E-state index in [4.69, 9.17) is 4.74 Å². The highest BCUT2D eigenvalue weighted by molar-refractivity contribution is 5.79. The second-order valence-corrected chi connectivity index (χ2v) is 7.38. The van der Waals surface area contributed by atoms with E-state index in [1.807, 2.05) is 85.7 Å². The van der Waals surface area contributed by atoms with Crippen LogP contribution in [0.2, 0.25) is 0 Å². The third kappa shape index (κ3) is 4.48. The lowest BCUT2D eigenvalue weighted by Crippen LogP contribution is -2.25. The third-order valence-corrected chi connectivity index (χ3v) is 5.07. The monoisotopic (exact) mass is 412 g/mol. The van der Waals surface area contributed by atoms with Crippen molar-refractivity contribution in [3.05, 3.63) is 94.2 Å². The summed E-state index contributed by atoms with van der Waals surface area (Å²) in [7, 11) is 5.62. The topological polar surface area (TPSA) is 60.2 Å². The molecule has 6 nitrogen and oxygen atoms in total. The third-order valence-electron chi connectivity index (χ3n) is 5.07. The quantitative estimate of drug-likeness (QED) is 0.477. The Labute approximate surface area is 181 Å². The van der Waals surface area contributed by atoms with Crippen LogP contribution in [-0.4, -0.2) is 35.7 Å². The second kappa shape index (κ2) is 8.83. The van der Waals surface area contributed by atoms with E-state index in [2.05, 4.69) is 9.97 Å². The predicted molar refractivity (Wildman–Crippen MR) is 126 cm³/mol. The van der Waals surface area contributed by atoms with Crippen LogP contribution in [0.4, 0.5) is 5.69 Å². The van der Waals surface area contributed by atoms with Gasteiger partial charge in [0.2, 0.25) is 0 Å². The number of hydrogen-bond donors (Lipinski definition) is 0. The largest absolute Gasteiger partial charge is 0.497 e. The average molecular weight is 412 g/mol. The van der Waals surface area contributed by atoms with Crippen molar-refractivity contribution in [3.63, 3.8) is 0 Å². The summed E-state index contributed by atoms with van der Waals surface area (Å²) < 4.78 is 7.06. The van der Waals surface area contributed by atoms with Crippen LogP contribution in [0.15, 0.2) is 71.7 Å². The summed E-state index contributed by atoms with van der Waals surface area (Å²) in [6, 6.07) is 19.3. The first-order chi connectivity index (χ1) is 15.0. The standard InChI is InChI=1S/C25H24N4O2/c1-28(2)20-10-7-18(8-11-20)9-13-22-25(30)29(17-19-6-4-5-15-26-19)24-14-12-21(31-3)16-23(24)27-22/h4-16H,17H2,1-3H3/b13-9+. The van der Waals surface area contributed by atoms with Crippen LogP contribution < -0.4 is 15.2 Å². The number of anilines is 1. The molecule has 0 fully saturated rings. The number of ether oxygens (including phenoxy) is 1. The lowest BCUT2D eigenvalue weighted by molar-refractivity contribution is 0.415. The van der Waals surface area contributed by atoms with Crippen LogP contribution >= 0.6 is 0 Å². The van der Waals surface area contributed by atoms with E-state index in [0.717, 1.165) is 22.5 Å². The summed E-state index contributed by atoms with van der Waals surface area (Å²) in [5, 5.41) is 0. The smallest absolute Gasteiger partial charge is 0.277 e. The first-order valence-corrected chi connectivity index (χ1v) is 9.99. The van der Waals surface area contributed by atoms with Gasteiger partial charge >= 0.3 is 0 Å². The van der Waals surface area contributed by atoms with Crippen molar-refractivity contribution >= 4 is 28.9 Å². The van der Waals surface area contributed by atoms with Crippen molar-refractivity contribution in [1.82, 2.24) is 14.5 Å². The maximum Gasteiger partial charge on any atom is 0.277 e. The van der Waals surface area contributed by atoms with Crippen LogP contribution in [0.5, 0.6) is 5.75 Å². The molecule has 0 N–H and O–H groups in total. The molecule has 4 aromatic rings. The van der Waals surface area contributed by atoms with Gasteiger partial charge in [-0.1, -0.05) is 24.3 Å². The van der Waals surface area contributed by atoms with Gasteiger partial charge in [-0.15, -0.1) is 0 Å². The van der Waals surface area contributed by atoms with Crippen LogP contribution in [0.25, 0.3) is 23.2 Å². The van der Waals surface area contributed by atoms with E-state index in [1.165, 1.54) is 0 Å². The molecule has 0 aliphatic rings. The molecule has 2 aromatic carbocycles. The van der Waals surface area contributed by atoms with Crippen molar-refractivity contribution < 1.29 is 4.74 Å². The molecule has 31 heavy (non-hydrogen) atoms. The normalized spacial score (nSPS) is 11.2. The van der Waals surface area contributed by atoms with Gasteiger partial charge in [-0.05, 0) is 48.0 Å². The minimum Gasteiger partial charge on any atom is -0.497 e. The Kier molecular flexibility index (Phi) is 5.80. The predicted octanol–water partition coefficient (Wildman–Crippen LogP) is 4.08. The summed E-state index contributed by atoms with van der Waals surface area (Å²) in [5.41, 5.74) is 4.56. The molecule has 0 aliphatic heterocycles. The van der Waals surface area contributed by atoms with Gasteiger partial charge in [-0.25, -0.2) is 4.98 Å². The minimum absolute atomic E-state index is 0.163. The van der Waals surface area contributed by atoms with Gasteiger partial charge in [-0.3, -0.25) is 14.3 Å². The minimum atomic E-state index is -0.163. The van der Waals surface area contributed by atoms with Crippen LogP contribution in [0.1, 0.15) is 17.0 Å². The zero-order valence-corrected chi connectivity index (χ0v) is 17.8. The summed E-state index contributed by atoms with van der Waals surface area (Å²) in [5.74, 6) is 0.692. The summed E-state index contributed by atoms with van der Waals surface area (Å²) in [6.07, 6.45) is 5.39. The van der Waals surface area contributed by atoms with Gasteiger partial charge in [0.1, 0.15) is 11.4 Å². The van der Waals surface area contributed by atoms with E-state index in [0.29, 0.717) is 23.5 Å². The number of pyridine rings is 1. The van der Waals surface area contributed by atoms with E-state index in [9.17, 15) is 4.79 Å². The highest BCUT2D eigenvalue weighted by Crippen LogP contribution is 2.20. The molecule has 0 spiro atoms. The molecule has 0 atom stereocenters. The Bertz CT molecular complexity index is 1280. The van der Waals surface area contributed by atoms with Crippen LogP contribution in [0, 0.1) is 0 Å². The summed E-state index contributed by atoms with van der Waals surface area (Å²) >= 11 is 0. The fourth-order valence-electron chi connectivity index (χ4n) is 3.35. The van der Waals surface area contributed by atoms with Crippen LogP contribution in [0.3, 0.4) is 0 Å². The van der Waals surface area contributed by atoms with Crippen molar-refractivity contribution in [2.45, 2.75) is 6.54 Å². The van der Waals surface area contributed by atoms with Gasteiger partial charge in [0.25, 0.3) is 5.56 Å². The number of benzene rings is 2. The van der Waals surface area contributed by atoms with E-state index < -0.39 is 0 Å². The Balaban J connectivity index is 1.78. The number of hydrogen-bond acceptors (Lipinski definition) is 5. The zero-order valence-electron chi connectivity index (χ0n) is 17.8. The Morgan fingerprint density at radius 2 is 1.84 bits per heavy atom. The Morgan fingerprint density at radius 3 is 2.52 bits per heavy atom. The highest BCUT2D eigenvalue weighted by atomic mass is 16.5. The molecule has 156 valence electrons. The molecular formula is C25H24N4O2. The number of aromatic nitrogens is 3. The Hall–Kier alpha value is -3.93. The molecule has 0 unspecified atom stereocenters. The zero-order chi connectivity index (χ0) is 21.8. The number of fused-ring (bicyclic) bond motifs is 1. The number of nitrogens with zero attached hydrogens (tertiary/aromatic N) is 4. The second-order valence-electron chi connectivity index (χ2n) is 7.38. The lowest BCUT2D eigenvalue weighted by atomic mass is 10.1. The fraction of sp³-hybridized carbons (Fsp3) is 0.160. The van der Waals surface area contributed by atoms with E-state index in [1.54, 1.807) is 23.9 Å². The Morgan fingerprint density at radius 1 is 1.03 bits per heavy atom. The molecule has 2 heterocycles. The van der Waals surface area contributed by atoms with Crippen molar-refractivity contribution in [2.75, 3.05) is 26.1 Å². The van der Waals surface area contributed by atoms with Gasteiger partial charge in [0, 0.05) is 32.0 Å². The van der Waals surface area contributed by atoms with Gasteiger partial charge < -0.3 is 9.64 Å². The van der Waals surface area contributed by atoms with E-state index in [-0.39, 0.29) is 5.56 Å². The summed E-state index contributed by atoms with van der Waals surface area (Å²) in [6.45, 7) is 0.364. The molecule has 4 rings (SSSR count). The molecule has 2 aromatic heterocycles. The maximum atomic E-state index is 13.3. The first-order valence-electron chi connectivity index (χ1n) is 9.99. The van der Waals surface area contributed by atoms with Gasteiger partial charge in [0.15, 0.2) is 0 Å². The first kappa shape index (κ1) is 20.3. The van der Waals surface area contributed by atoms with Gasteiger partial charge in [0.05, 0.1) is 30.4 Å². The average Bonchev–Trinajstić information content (AvgIpc) is 2.80. The lowest BCUT2D eigenvalue weighted by Gasteiger charge is -2.12. The van der Waals surface area contributed by atoms with Gasteiger partial charge in [-0.2, -0.15) is 0 Å². The maximum absolute atomic E-state index is 13.3. The highest BCUT2D eigenvalue weighted by Gasteiger charge is 2.11. The van der Waals surface area contributed by atoms with Crippen molar-refractivity contribution in [2.24, 2.45) is 0 Å². The van der Waals surface area contributed by atoms with Crippen molar-refractivity contribution in [3.8, 4) is 5.75 Å². The summed E-state index contributed by atoms with van der Waals surface area (Å²) in [4.78, 5) is 24.3. The number of rotatable bonds is 6. The molecular weight excluding hydrogens is 388 g/mol. The van der Waals surface area contributed by atoms with Crippen LogP contribution in [-0.2, 0) is 6.54 Å². The molecule has 6 heteroatoms. The molecule has 0 saturated heterocycles. The van der Waals surface area contributed by atoms with E-state index >= 15 is 0 Å². The molecule has 0 aliphatic carbocycles. The molecule has 0 amide bonds. The molecule has 0 saturated carbocycles. The van der Waals surface area contributed by atoms with Crippen molar-refractivity contribution in [1.29, 1.82) is 0 Å². The fourth-order valence-corrected chi connectivity index (χ4v) is 3.35. The molecule has 0 radical (unpaired) electrons.